The molecule has 0 aliphatic rings. The lowest BCUT2D eigenvalue weighted by molar-refractivity contribution is -0.902. The summed E-state index contributed by atoms with van der Waals surface area (Å²) in [4.78, 5) is 26.4. The summed E-state index contributed by atoms with van der Waals surface area (Å²) in [6, 6.07) is 15.5. The van der Waals surface area contributed by atoms with E-state index in [0.717, 1.165) is 37.3 Å². The summed E-state index contributed by atoms with van der Waals surface area (Å²) in [6.45, 7) is 16.8. The highest BCUT2D eigenvalue weighted by atomic mass is 79.9. The van der Waals surface area contributed by atoms with Crippen molar-refractivity contribution in [3.63, 3.8) is 0 Å². The molecule has 0 unspecified atom stereocenters. The maximum atomic E-state index is 13.2. The summed E-state index contributed by atoms with van der Waals surface area (Å²) in [6.07, 6.45) is 0. The van der Waals surface area contributed by atoms with Gasteiger partial charge in [0.05, 0.1) is 40.5 Å². The number of halogens is 2. The quantitative estimate of drug-likeness (QED) is 0.0807. The van der Waals surface area contributed by atoms with Gasteiger partial charge in [0, 0.05) is 37.6 Å². The molecule has 0 amide bonds. The molecule has 0 saturated heterocycles. The number of ketones is 2. The average Bonchev–Trinajstić information content (AvgIpc) is 2.98. The largest absolute Gasteiger partial charge is 1.00 e. The molecule has 2 aromatic rings. The van der Waals surface area contributed by atoms with Gasteiger partial charge in [-0.2, -0.15) is 0 Å². The summed E-state index contributed by atoms with van der Waals surface area (Å²) >= 11 is 0. The van der Waals surface area contributed by atoms with Crippen LogP contribution in [0.2, 0.25) is 0 Å². The number of likely N-dealkylation sites (N-methyl/N-ethyl adjacent to an activating group) is 2. The Morgan fingerprint density at radius 1 is 0.500 bits per heavy atom. The van der Waals surface area contributed by atoms with E-state index in [4.69, 9.17) is 18.9 Å². The zero-order valence-corrected chi connectivity index (χ0v) is 30.8. The van der Waals surface area contributed by atoms with E-state index in [1.165, 1.54) is 0 Å². The second-order valence-electron chi connectivity index (χ2n) is 11.2. The lowest BCUT2D eigenvalue weighted by Gasteiger charge is -2.33. The number of Topliss-reactive ketones (excluding diaryl/α,β-unsaturated/α-hetero) is 2. The number of nitrogens with zero attached hydrogens (tertiary/aromatic N) is 2. The Hall–Kier alpha value is -1.50. The summed E-state index contributed by atoms with van der Waals surface area (Å²) < 4.78 is 23.4. The smallest absolute Gasteiger partial charge is 0.216 e. The zero-order valence-electron chi connectivity index (χ0n) is 27.6. The van der Waals surface area contributed by atoms with Crippen molar-refractivity contribution < 1.29 is 71.5 Å². The molecule has 0 fully saturated rings. The van der Waals surface area contributed by atoms with Gasteiger partial charge < -0.3 is 61.9 Å². The molecule has 0 saturated carbocycles. The van der Waals surface area contributed by atoms with Crippen molar-refractivity contribution in [3.8, 4) is 11.1 Å². The first-order chi connectivity index (χ1) is 20.2. The average molecular weight is 747 g/mol. The van der Waals surface area contributed by atoms with Gasteiger partial charge in [-0.1, -0.05) is 48.5 Å². The van der Waals surface area contributed by atoms with E-state index in [-0.39, 0.29) is 45.5 Å². The van der Waals surface area contributed by atoms with E-state index in [9.17, 15) is 9.59 Å². The molecular weight excluding hydrogens is 692 g/mol. The van der Waals surface area contributed by atoms with Crippen molar-refractivity contribution in [1.82, 2.24) is 0 Å². The maximum Gasteiger partial charge on any atom is 0.216 e. The molecule has 2 aromatic carbocycles. The van der Waals surface area contributed by atoms with Gasteiger partial charge in [0.1, 0.15) is 39.3 Å². The number of ether oxygens (including phenoxy) is 4. The Labute approximate surface area is 286 Å². The Balaban J connectivity index is 0.00000924. The van der Waals surface area contributed by atoms with Crippen LogP contribution in [0.5, 0.6) is 0 Å². The summed E-state index contributed by atoms with van der Waals surface area (Å²) in [5.41, 5.74) is 3.40. The monoisotopic (exact) mass is 744 g/mol. The minimum Gasteiger partial charge on any atom is -1.00 e. The summed E-state index contributed by atoms with van der Waals surface area (Å²) in [5, 5.41) is 0. The molecule has 250 valence electrons. The molecule has 0 spiro atoms. The molecule has 0 aromatic heterocycles. The number of hydrogen-bond donors (Lipinski definition) is 0. The Kier molecular flexibility index (Phi) is 22.1. The van der Waals surface area contributed by atoms with Crippen LogP contribution in [0.1, 0.15) is 48.4 Å². The summed E-state index contributed by atoms with van der Waals surface area (Å²) in [5.74, 6) is 0.209. The number of rotatable bonds is 23. The van der Waals surface area contributed by atoms with Gasteiger partial charge in [-0.15, -0.1) is 0 Å². The topological polar surface area (TPSA) is 71.1 Å². The molecule has 0 radical (unpaired) electrons. The molecule has 0 heterocycles. The molecule has 0 N–H and O–H groups in total. The van der Waals surface area contributed by atoms with Gasteiger partial charge in [0.15, 0.2) is 0 Å². The van der Waals surface area contributed by atoms with Crippen LogP contribution in [0, 0.1) is 0 Å². The molecule has 0 aliphatic carbocycles. The van der Waals surface area contributed by atoms with Gasteiger partial charge in [-0.25, -0.2) is 0 Å². The highest BCUT2D eigenvalue weighted by molar-refractivity contribution is 5.98. The molecular formula is C34H54Br2N2O6. The lowest BCUT2D eigenvalue weighted by Crippen LogP contribution is -3.00. The first kappa shape index (κ1) is 42.5. The van der Waals surface area contributed by atoms with E-state index in [1.807, 2.05) is 76.2 Å². The van der Waals surface area contributed by atoms with Crippen LogP contribution in [-0.2, 0) is 18.9 Å². The van der Waals surface area contributed by atoms with Crippen molar-refractivity contribution in [1.29, 1.82) is 0 Å². The van der Waals surface area contributed by atoms with E-state index >= 15 is 0 Å². The Morgan fingerprint density at radius 3 is 0.977 bits per heavy atom. The molecule has 0 atom stereocenters. The first-order valence-corrected chi connectivity index (χ1v) is 15.4. The molecule has 44 heavy (non-hydrogen) atoms. The first-order valence-electron chi connectivity index (χ1n) is 15.4. The zero-order chi connectivity index (χ0) is 30.8. The van der Waals surface area contributed by atoms with Crippen molar-refractivity contribution in [3.05, 3.63) is 59.7 Å². The minimum absolute atomic E-state index is 0. The van der Waals surface area contributed by atoms with Crippen molar-refractivity contribution in [2.24, 2.45) is 0 Å². The third-order valence-electron chi connectivity index (χ3n) is 7.72. The van der Waals surface area contributed by atoms with Crippen LogP contribution in [0.3, 0.4) is 0 Å². The Morgan fingerprint density at radius 2 is 0.750 bits per heavy atom. The van der Waals surface area contributed by atoms with Gasteiger partial charge in [0.25, 0.3) is 0 Å². The molecule has 2 rings (SSSR count). The SMILES string of the molecule is CCOCC[N+](C)(CCOCC)CC(=O)c1ccc(-c2ccc(C(=O)C[N+](C)(CCOCC)CCOCC)cc2)cc1.[Br-].[Br-]. The number of quaternary nitrogens is 2. The molecule has 10 heteroatoms. The van der Waals surface area contributed by atoms with Crippen LogP contribution in [0.4, 0.5) is 0 Å². The third kappa shape index (κ3) is 15.2. The van der Waals surface area contributed by atoms with Crippen molar-refractivity contribution in [2.75, 3.05) is 106 Å². The van der Waals surface area contributed by atoms with Crippen molar-refractivity contribution in [2.45, 2.75) is 27.7 Å². The maximum absolute atomic E-state index is 13.2. The lowest BCUT2D eigenvalue weighted by atomic mass is 10.00. The van der Waals surface area contributed by atoms with Crippen LogP contribution >= 0.6 is 0 Å². The summed E-state index contributed by atoms with van der Waals surface area (Å²) in [7, 11) is 4.18. The predicted molar refractivity (Wildman–Crippen MR) is 168 cm³/mol. The van der Waals surface area contributed by atoms with Gasteiger partial charge in [-0.05, 0) is 38.8 Å². The normalized spacial score (nSPS) is 11.5. The van der Waals surface area contributed by atoms with Crippen LogP contribution in [0.15, 0.2) is 48.5 Å². The van der Waals surface area contributed by atoms with Crippen LogP contribution in [0.25, 0.3) is 11.1 Å². The highest BCUT2D eigenvalue weighted by Crippen LogP contribution is 2.22. The second kappa shape index (κ2) is 22.9. The van der Waals surface area contributed by atoms with E-state index in [2.05, 4.69) is 14.1 Å². The number of hydrogen-bond acceptors (Lipinski definition) is 6. The van der Waals surface area contributed by atoms with Crippen LogP contribution in [-0.4, -0.2) is 127 Å². The predicted octanol–water partition coefficient (Wildman–Crippen LogP) is -1.23. The van der Waals surface area contributed by atoms with E-state index in [0.29, 0.717) is 86.0 Å². The van der Waals surface area contributed by atoms with Gasteiger partial charge in [-0.3, -0.25) is 9.59 Å². The minimum atomic E-state index is 0. The molecule has 0 bridgehead atoms. The van der Waals surface area contributed by atoms with Gasteiger partial charge in [0.2, 0.25) is 11.6 Å². The number of carbonyl (C=O) groups is 2. The van der Waals surface area contributed by atoms with Gasteiger partial charge >= 0.3 is 0 Å². The second-order valence-corrected chi connectivity index (χ2v) is 11.2. The number of carbonyl (C=O) groups excluding carboxylic acids is 2. The van der Waals surface area contributed by atoms with E-state index < -0.39 is 0 Å². The standard InChI is InChI=1S/C34H54N2O6.2BrH/c1-7-39-23-19-35(5,20-24-40-8-2)27-33(37)31-15-11-29(12-16-31)30-13-17-32(18-14-30)34(38)28-36(6,21-25-41-9-3)22-26-42-10-4;;/h11-18H,7-10,19-28H2,1-6H3;2*1H/q+2;;/p-2. The number of benzene rings is 2. The fraction of sp³-hybridized carbons (Fsp3) is 0.588. The van der Waals surface area contributed by atoms with Crippen molar-refractivity contribution >= 4 is 11.6 Å². The highest BCUT2D eigenvalue weighted by Gasteiger charge is 2.27. The van der Waals surface area contributed by atoms with E-state index in [1.54, 1.807) is 0 Å². The molecule has 0 aliphatic heterocycles. The Bertz CT molecular complexity index is 961. The van der Waals surface area contributed by atoms with Crippen LogP contribution < -0.4 is 34.0 Å². The third-order valence-corrected chi connectivity index (χ3v) is 7.72. The fourth-order valence-corrected chi connectivity index (χ4v) is 4.83. The fourth-order valence-electron chi connectivity index (χ4n) is 4.83. The molecule has 8 nitrogen and oxygen atoms in total.